The van der Waals surface area contributed by atoms with Crippen LogP contribution in [0.3, 0.4) is 0 Å². The quantitative estimate of drug-likeness (QED) is 0.751. The zero-order valence-electron chi connectivity index (χ0n) is 11.9. The lowest BCUT2D eigenvalue weighted by atomic mass is 9.83. The number of aryl methyl sites for hydroxylation is 2. The summed E-state index contributed by atoms with van der Waals surface area (Å²) in [6, 6.07) is 0. The second kappa shape index (κ2) is 3.93. The Bertz CT molecular complexity index is 472. The van der Waals surface area contributed by atoms with Crippen molar-refractivity contribution in [2.24, 2.45) is 0 Å². The van der Waals surface area contributed by atoms with E-state index in [0.717, 1.165) is 5.69 Å². The van der Waals surface area contributed by atoms with Gasteiger partial charge < -0.3 is 15.0 Å². The van der Waals surface area contributed by atoms with E-state index in [-0.39, 0.29) is 11.2 Å². The summed E-state index contributed by atoms with van der Waals surface area (Å²) in [4.78, 5) is 8.72. The molecule has 1 fully saturated rings. The van der Waals surface area contributed by atoms with E-state index in [4.69, 9.17) is 15.0 Å². The molecule has 2 rings (SSSR count). The molecule has 98 valence electrons. The number of aromatic nitrogens is 2. The van der Waals surface area contributed by atoms with Gasteiger partial charge in [-0.15, -0.1) is 0 Å². The first-order valence-electron chi connectivity index (χ1n) is 6.10. The van der Waals surface area contributed by atoms with Crippen LogP contribution in [0.1, 0.15) is 39.1 Å². The van der Waals surface area contributed by atoms with Crippen LogP contribution in [-0.2, 0) is 9.31 Å². The maximum atomic E-state index is 5.96. The predicted octanol–water partition coefficient (Wildman–Crippen LogP) is 0.975. The van der Waals surface area contributed by atoms with Crippen molar-refractivity contribution in [1.29, 1.82) is 0 Å². The van der Waals surface area contributed by atoms with Gasteiger partial charge in [-0.1, -0.05) is 0 Å². The average Bonchev–Trinajstić information content (AvgIpc) is 2.42. The Morgan fingerprint density at radius 1 is 0.944 bits per heavy atom. The Labute approximate surface area is 108 Å². The van der Waals surface area contributed by atoms with E-state index in [1.54, 1.807) is 0 Å². The molecule has 1 aliphatic rings. The van der Waals surface area contributed by atoms with Gasteiger partial charge in [-0.2, -0.15) is 0 Å². The fraction of sp³-hybridized carbons (Fsp3) is 0.667. The van der Waals surface area contributed by atoms with E-state index in [2.05, 4.69) is 9.97 Å². The molecular formula is C12H20BN3O2. The molecule has 0 saturated carbocycles. The number of rotatable bonds is 1. The highest BCUT2D eigenvalue weighted by atomic mass is 16.7. The molecule has 0 atom stereocenters. The lowest BCUT2D eigenvalue weighted by molar-refractivity contribution is 0.00578. The van der Waals surface area contributed by atoms with Gasteiger partial charge in [0.25, 0.3) is 0 Å². The molecule has 1 saturated heterocycles. The maximum Gasteiger partial charge on any atom is 0.516 e. The van der Waals surface area contributed by atoms with Crippen molar-refractivity contribution in [1.82, 2.24) is 9.97 Å². The van der Waals surface area contributed by atoms with Crippen LogP contribution in [0.2, 0.25) is 0 Å². The van der Waals surface area contributed by atoms with Crippen LogP contribution in [-0.4, -0.2) is 28.3 Å². The van der Waals surface area contributed by atoms with Crippen molar-refractivity contribution in [3.63, 3.8) is 0 Å². The molecule has 18 heavy (non-hydrogen) atoms. The van der Waals surface area contributed by atoms with Gasteiger partial charge in [0.1, 0.15) is 5.82 Å². The smallest absolute Gasteiger partial charge is 0.398 e. The summed E-state index contributed by atoms with van der Waals surface area (Å²) in [5.41, 5.74) is 7.15. The van der Waals surface area contributed by atoms with E-state index in [9.17, 15) is 0 Å². The standard InChI is InChI=1S/C12H20BN3O2/c1-7-9(15-8(2)10(14)16-7)13-17-11(3,4)12(5,6)18-13/h1-6H3,(H2,14,16). The van der Waals surface area contributed by atoms with Crippen molar-refractivity contribution in [2.45, 2.75) is 52.7 Å². The number of nitrogen functional groups attached to an aromatic ring is 1. The Morgan fingerprint density at radius 3 is 1.94 bits per heavy atom. The highest BCUT2D eigenvalue weighted by Crippen LogP contribution is 2.36. The van der Waals surface area contributed by atoms with Gasteiger partial charge >= 0.3 is 7.12 Å². The average molecular weight is 249 g/mol. The molecule has 2 N–H and O–H groups in total. The largest absolute Gasteiger partial charge is 0.516 e. The van der Waals surface area contributed by atoms with E-state index in [1.165, 1.54) is 0 Å². The molecule has 0 aliphatic carbocycles. The van der Waals surface area contributed by atoms with E-state index in [1.807, 2.05) is 41.5 Å². The highest BCUT2D eigenvalue weighted by molar-refractivity contribution is 6.61. The Hall–Kier alpha value is -1.14. The minimum absolute atomic E-state index is 0.374. The van der Waals surface area contributed by atoms with Crippen LogP contribution in [0.5, 0.6) is 0 Å². The molecular weight excluding hydrogens is 229 g/mol. The van der Waals surface area contributed by atoms with Gasteiger partial charge in [0.15, 0.2) is 0 Å². The SMILES string of the molecule is Cc1nc(B2OC(C)(C)C(C)(C)O2)c(C)nc1N. The molecule has 0 aromatic carbocycles. The molecule has 0 spiro atoms. The molecule has 5 nitrogen and oxygen atoms in total. The van der Waals surface area contributed by atoms with Crippen molar-refractivity contribution in [2.75, 3.05) is 5.73 Å². The molecule has 1 aromatic rings. The molecule has 1 aromatic heterocycles. The Balaban J connectivity index is 2.38. The van der Waals surface area contributed by atoms with Gasteiger partial charge in [0.2, 0.25) is 0 Å². The molecule has 0 bridgehead atoms. The van der Waals surface area contributed by atoms with Crippen LogP contribution < -0.4 is 11.3 Å². The van der Waals surface area contributed by atoms with E-state index < -0.39 is 7.12 Å². The molecule has 6 heteroatoms. The fourth-order valence-electron chi connectivity index (χ4n) is 1.82. The second-order valence-electron chi connectivity index (χ2n) is 5.75. The summed E-state index contributed by atoms with van der Waals surface area (Å²) in [6.45, 7) is 11.7. The first-order chi connectivity index (χ1) is 8.14. The maximum absolute atomic E-state index is 5.96. The number of nitrogens with zero attached hydrogens (tertiary/aromatic N) is 2. The molecule has 1 aliphatic heterocycles. The van der Waals surface area contributed by atoms with E-state index >= 15 is 0 Å². The minimum Gasteiger partial charge on any atom is -0.398 e. The van der Waals surface area contributed by atoms with E-state index in [0.29, 0.717) is 17.1 Å². The lowest BCUT2D eigenvalue weighted by Gasteiger charge is -2.32. The zero-order valence-corrected chi connectivity index (χ0v) is 11.9. The van der Waals surface area contributed by atoms with Gasteiger partial charge in [0.05, 0.1) is 28.2 Å². The van der Waals surface area contributed by atoms with Crippen molar-refractivity contribution < 1.29 is 9.31 Å². The van der Waals surface area contributed by atoms with Crippen molar-refractivity contribution in [3.05, 3.63) is 11.4 Å². The molecule has 0 radical (unpaired) electrons. The summed E-state index contributed by atoms with van der Waals surface area (Å²) in [5, 5.41) is 0. The lowest BCUT2D eigenvalue weighted by Crippen LogP contribution is -2.41. The fourth-order valence-corrected chi connectivity index (χ4v) is 1.82. The summed E-state index contributed by atoms with van der Waals surface area (Å²) in [5.74, 6) is 0.452. The van der Waals surface area contributed by atoms with Gasteiger partial charge in [-0.05, 0) is 41.5 Å². The topological polar surface area (TPSA) is 70.3 Å². The number of anilines is 1. The first-order valence-corrected chi connectivity index (χ1v) is 6.10. The summed E-state index contributed by atoms with van der Waals surface area (Å²) in [7, 11) is -0.484. The van der Waals surface area contributed by atoms with Crippen molar-refractivity contribution >= 4 is 18.5 Å². The Kier molecular flexibility index (Phi) is 2.90. The third-order valence-corrected chi connectivity index (χ3v) is 3.79. The third-order valence-electron chi connectivity index (χ3n) is 3.79. The number of nitrogens with two attached hydrogens (primary N) is 1. The number of hydrogen-bond acceptors (Lipinski definition) is 5. The first kappa shape index (κ1) is 13.3. The minimum atomic E-state index is -0.484. The van der Waals surface area contributed by atoms with Crippen LogP contribution >= 0.6 is 0 Å². The predicted molar refractivity (Wildman–Crippen MR) is 71.6 cm³/mol. The van der Waals surface area contributed by atoms with Crippen LogP contribution in [0, 0.1) is 13.8 Å². The van der Waals surface area contributed by atoms with Crippen LogP contribution in [0.15, 0.2) is 0 Å². The Morgan fingerprint density at radius 2 is 1.44 bits per heavy atom. The molecule has 0 unspecified atom stereocenters. The third kappa shape index (κ3) is 1.99. The summed E-state index contributed by atoms with van der Waals surface area (Å²) < 4.78 is 11.9. The normalized spacial score (nSPS) is 21.3. The van der Waals surface area contributed by atoms with Crippen LogP contribution in [0.25, 0.3) is 0 Å². The monoisotopic (exact) mass is 249 g/mol. The zero-order chi connectivity index (χ0) is 13.7. The number of hydrogen-bond donors (Lipinski definition) is 1. The molecule has 2 heterocycles. The van der Waals surface area contributed by atoms with Gasteiger partial charge in [-0.3, -0.25) is 4.98 Å². The van der Waals surface area contributed by atoms with Gasteiger partial charge in [-0.25, -0.2) is 4.98 Å². The highest BCUT2D eigenvalue weighted by Gasteiger charge is 2.53. The van der Waals surface area contributed by atoms with Gasteiger partial charge in [0, 0.05) is 0 Å². The van der Waals surface area contributed by atoms with Crippen LogP contribution in [0.4, 0.5) is 5.82 Å². The summed E-state index contributed by atoms with van der Waals surface area (Å²) >= 11 is 0. The molecule has 0 amide bonds. The van der Waals surface area contributed by atoms with Crippen molar-refractivity contribution in [3.8, 4) is 0 Å². The summed E-state index contributed by atoms with van der Waals surface area (Å²) in [6.07, 6.45) is 0. The second-order valence-corrected chi connectivity index (χ2v) is 5.75.